The largest absolute Gasteiger partial charge is 0.478 e. The molecule has 1 aromatic carbocycles. The molecular formula is C9H7BrFNO2. The first-order valence-electron chi connectivity index (χ1n) is 3.70. The Kier molecular flexibility index (Phi) is 3.64. The van der Waals surface area contributed by atoms with Gasteiger partial charge in [-0.05, 0) is 18.2 Å². The molecule has 0 aliphatic heterocycles. The summed E-state index contributed by atoms with van der Waals surface area (Å²) >= 11 is 3.11. The number of carboxylic acid groups (broad SMARTS) is 1. The molecule has 74 valence electrons. The van der Waals surface area contributed by atoms with Gasteiger partial charge in [-0.3, -0.25) is 0 Å². The number of rotatable bonds is 3. The van der Waals surface area contributed by atoms with Gasteiger partial charge in [-0.25, -0.2) is 9.18 Å². The monoisotopic (exact) mass is 259 g/mol. The zero-order chi connectivity index (χ0) is 10.6. The Labute approximate surface area is 88.4 Å². The highest BCUT2D eigenvalue weighted by atomic mass is 79.9. The normalized spacial score (nSPS) is 10.4. The minimum atomic E-state index is -1.09. The third-order valence-corrected chi connectivity index (χ3v) is 1.89. The average Bonchev–Trinajstić information content (AvgIpc) is 2.08. The molecule has 0 atom stereocenters. The Hall–Kier alpha value is -1.36. The van der Waals surface area contributed by atoms with Gasteiger partial charge in [-0.15, -0.1) is 0 Å². The van der Waals surface area contributed by atoms with E-state index in [-0.39, 0.29) is 5.69 Å². The van der Waals surface area contributed by atoms with Gasteiger partial charge < -0.3 is 10.4 Å². The second-order valence-electron chi connectivity index (χ2n) is 2.44. The lowest BCUT2D eigenvalue weighted by Gasteiger charge is -2.01. The van der Waals surface area contributed by atoms with E-state index in [1.165, 1.54) is 12.1 Å². The first kappa shape index (κ1) is 10.7. The molecule has 0 saturated heterocycles. The van der Waals surface area contributed by atoms with Crippen molar-refractivity contribution in [3.05, 3.63) is 40.8 Å². The van der Waals surface area contributed by atoms with Crippen molar-refractivity contribution in [1.29, 1.82) is 0 Å². The van der Waals surface area contributed by atoms with Crippen LogP contribution in [0.3, 0.4) is 0 Å². The lowest BCUT2D eigenvalue weighted by Crippen LogP contribution is -1.94. The van der Waals surface area contributed by atoms with Crippen LogP contribution in [0.1, 0.15) is 0 Å². The summed E-state index contributed by atoms with van der Waals surface area (Å²) in [6, 6.07) is 4.45. The smallest absolute Gasteiger partial charge is 0.329 e. The van der Waals surface area contributed by atoms with Crippen LogP contribution in [0.4, 0.5) is 10.1 Å². The summed E-state index contributed by atoms with van der Waals surface area (Å²) in [4.78, 5) is 10.1. The van der Waals surface area contributed by atoms with Crippen LogP contribution in [0.2, 0.25) is 0 Å². The molecule has 0 radical (unpaired) electrons. The molecule has 0 fully saturated rings. The highest BCUT2D eigenvalue weighted by molar-refractivity contribution is 9.10. The molecule has 0 aliphatic carbocycles. The van der Waals surface area contributed by atoms with Crippen LogP contribution >= 0.6 is 15.9 Å². The van der Waals surface area contributed by atoms with E-state index in [0.717, 1.165) is 12.3 Å². The van der Waals surface area contributed by atoms with Crippen molar-refractivity contribution in [3.63, 3.8) is 0 Å². The van der Waals surface area contributed by atoms with Crippen LogP contribution < -0.4 is 5.32 Å². The van der Waals surface area contributed by atoms with Gasteiger partial charge in [0.25, 0.3) is 0 Å². The van der Waals surface area contributed by atoms with Crippen LogP contribution in [0.5, 0.6) is 0 Å². The maximum atomic E-state index is 13.1. The summed E-state index contributed by atoms with van der Waals surface area (Å²) in [5.74, 6) is -1.54. The van der Waals surface area contributed by atoms with E-state index in [2.05, 4.69) is 21.2 Å². The van der Waals surface area contributed by atoms with E-state index in [9.17, 15) is 9.18 Å². The number of carbonyl (C=O) groups is 1. The molecule has 2 N–H and O–H groups in total. The van der Waals surface area contributed by atoms with Crippen molar-refractivity contribution in [2.24, 2.45) is 0 Å². The molecule has 3 nitrogen and oxygen atoms in total. The highest BCUT2D eigenvalue weighted by Crippen LogP contribution is 2.18. The van der Waals surface area contributed by atoms with Crippen molar-refractivity contribution < 1.29 is 14.3 Å². The number of hydrogen-bond acceptors (Lipinski definition) is 2. The number of carboxylic acids is 1. The van der Waals surface area contributed by atoms with Gasteiger partial charge in [0.2, 0.25) is 0 Å². The van der Waals surface area contributed by atoms with E-state index < -0.39 is 11.8 Å². The summed E-state index contributed by atoms with van der Waals surface area (Å²) in [6.45, 7) is 0. The quantitative estimate of drug-likeness (QED) is 0.821. The first-order valence-corrected chi connectivity index (χ1v) is 4.50. The predicted octanol–water partition coefficient (Wildman–Crippen LogP) is 2.60. The molecule has 0 heterocycles. The van der Waals surface area contributed by atoms with E-state index in [4.69, 9.17) is 5.11 Å². The second-order valence-corrected chi connectivity index (χ2v) is 3.36. The zero-order valence-corrected chi connectivity index (χ0v) is 8.58. The minimum absolute atomic E-state index is 0.228. The molecule has 0 aromatic heterocycles. The van der Waals surface area contributed by atoms with E-state index in [1.807, 2.05) is 0 Å². The van der Waals surface area contributed by atoms with Gasteiger partial charge in [0.1, 0.15) is 5.82 Å². The van der Waals surface area contributed by atoms with Crippen LogP contribution in [-0.2, 0) is 4.79 Å². The SMILES string of the molecule is O=C(O)/C=C/Nc1ccc(Br)cc1F. The molecule has 0 spiro atoms. The Morgan fingerprint density at radius 2 is 2.29 bits per heavy atom. The summed E-state index contributed by atoms with van der Waals surface area (Å²) in [6.07, 6.45) is 2.05. The number of halogens is 2. The second kappa shape index (κ2) is 4.76. The van der Waals surface area contributed by atoms with Crippen LogP contribution in [0.15, 0.2) is 34.9 Å². The summed E-state index contributed by atoms with van der Waals surface area (Å²) in [7, 11) is 0. The molecular weight excluding hydrogens is 253 g/mol. The molecule has 0 aliphatic rings. The fourth-order valence-electron chi connectivity index (χ4n) is 0.809. The summed E-state index contributed by atoms with van der Waals surface area (Å²) in [5, 5.41) is 10.8. The van der Waals surface area contributed by atoms with Gasteiger partial charge in [0.05, 0.1) is 5.69 Å². The van der Waals surface area contributed by atoms with E-state index in [0.29, 0.717) is 4.47 Å². The number of anilines is 1. The van der Waals surface area contributed by atoms with Crippen LogP contribution in [0.25, 0.3) is 0 Å². The fourth-order valence-corrected chi connectivity index (χ4v) is 1.14. The lowest BCUT2D eigenvalue weighted by atomic mass is 10.3. The molecule has 14 heavy (non-hydrogen) atoms. The Bertz CT molecular complexity index is 379. The van der Waals surface area contributed by atoms with Crippen LogP contribution in [0, 0.1) is 5.82 Å². The zero-order valence-electron chi connectivity index (χ0n) is 7.00. The van der Waals surface area contributed by atoms with Gasteiger partial charge in [-0.1, -0.05) is 15.9 Å². The topological polar surface area (TPSA) is 49.3 Å². The maximum absolute atomic E-state index is 13.1. The number of benzene rings is 1. The molecule has 1 rings (SSSR count). The standard InChI is InChI=1S/C9H7BrFNO2/c10-6-1-2-8(7(11)5-6)12-4-3-9(13)14/h1-5,12H,(H,13,14)/b4-3+. The van der Waals surface area contributed by atoms with Crippen molar-refractivity contribution in [1.82, 2.24) is 0 Å². The van der Waals surface area contributed by atoms with Gasteiger partial charge >= 0.3 is 5.97 Å². The van der Waals surface area contributed by atoms with E-state index in [1.54, 1.807) is 6.07 Å². The van der Waals surface area contributed by atoms with Gasteiger partial charge in [0, 0.05) is 16.7 Å². The molecule has 1 aromatic rings. The molecule has 0 saturated carbocycles. The third kappa shape index (κ3) is 3.18. The average molecular weight is 260 g/mol. The number of aliphatic carboxylic acids is 1. The maximum Gasteiger partial charge on any atom is 0.329 e. The van der Waals surface area contributed by atoms with Crippen molar-refractivity contribution in [2.45, 2.75) is 0 Å². The number of hydrogen-bond donors (Lipinski definition) is 2. The first-order chi connectivity index (χ1) is 6.59. The lowest BCUT2D eigenvalue weighted by molar-refractivity contribution is -0.131. The minimum Gasteiger partial charge on any atom is -0.478 e. The van der Waals surface area contributed by atoms with Crippen molar-refractivity contribution in [2.75, 3.05) is 5.32 Å². The molecule has 0 amide bonds. The fraction of sp³-hybridized carbons (Fsp3) is 0. The van der Waals surface area contributed by atoms with E-state index >= 15 is 0 Å². The predicted molar refractivity (Wildman–Crippen MR) is 54.5 cm³/mol. The van der Waals surface area contributed by atoms with Crippen molar-refractivity contribution in [3.8, 4) is 0 Å². The molecule has 5 heteroatoms. The Morgan fingerprint density at radius 1 is 1.57 bits per heavy atom. The molecule has 0 unspecified atom stereocenters. The Morgan fingerprint density at radius 3 is 2.86 bits per heavy atom. The summed E-state index contributed by atoms with van der Waals surface area (Å²) < 4.78 is 13.7. The number of nitrogens with one attached hydrogen (secondary N) is 1. The third-order valence-electron chi connectivity index (χ3n) is 1.40. The summed E-state index contributed by atoms with van der Waals surface area (Å²) in [5.41, 5.74) is 0.228. The van der Waals surface area contributed by atoms with Gasteiger partial charge in [-0.2, -0.15) is 0 Å². The van der Waals surface area contributed by atoms with Gasteiger partial charge in [0.15, 0.2) is 0 Å². The van der Waals surface area contributed by atoms with Crippen LogP contribution in [-0.4, -0.2) is 11.1 Å². The molecule has 0 bridgehead atoms. The highest BCUT2D eigenvalue weighted by Gasteiger charge is 1.99. The van der Waals surface area contributed by atoms with Crippen molar-refractivity contribution >= 4 is 27.6 Å². The Balaban J connectivity index is 2.73.